The van der Waals surface area contributed by atoms with Gasteiger partial charge in [-0.3, -0.25) is 9.59 Å². The Morgan fingerprint density at radius 1 is 1.33 bits per heavy atom. The highest BCUT2D eigenvalue weighted by Crippen LogP contribution is 2.10. The first kappa shape index (κ1) is 17.8. The summed E-state index contributed by atoms with van der Waals surface area (Å²) in [6.07, 6.45) is -0.329. The molecule has 0 aromatic heterocycles. The molecule has 0 aliphatic carbocycles. The maximum Gasteiger partial charge on any atom is 0.407 e. The Kier molecular flexibility index (Phi) is 5.43. The van der Waals surface area contributed by atoms with Gasteiger partial charge in [-0.1, -0.05) is 12.1 Å². The summed E-state index contributed by atoms with van der Waals surface area (Å²) in [4.78, 5) is 34.9. The van der Waals surface area contributed by atoms with E-state index in [0.29, 0.717) is 5.56 Å². The fraction of sp³-hybridized carbons (Fsp3) is 0.471. The number of hydrogen-bond acceptors (Lipinski definition) is 5. The molecule has 2 N–H and O–H groups in total. The number of rotatable bonds is 4. The number of cyclic esters (lactones) is 1. The maximum absolute atomic E-state index is 12.2. The van der Waals surface area contributed by atoms with Crippen LogP contribution >= 0.6 is 0 Å². The van der Waals surface area contributed by atoms with Crippen LogP contribution in [0.15, 0.2) is 24.3 Å². The number of alkyl carbamates (subject to hydrolysis) is 1. The highest BCUT2D eigenvalue weighted by atomic mass is 16.6. The molecule has 0 saturated carbocycles. The van der Waals surface area contributed by atoms with Crippen LogP contribution in [0.25, 0.3) is 0 Å². The summed E-state index contributed by atoms with van der Waals surface area (Å²) in [5.74, 6) is -0.590. The van der Waals surface area contributed by atoms with Gasteiger partial charge >= 0.3 is 12.1 Å². The Balaban J connectivity index is 1.90. The molecule has 1 atom stereocenters. The van der Waals surface area contributed by atoms with Gasteiger partial charge in [0.1, 0.15) is 12.2 Å². The summed E-state index contributed by atoms with van der Waals surface area (Å²) >= 11 is 0. The maximum atomic E-state index is 12.2. The molecule has 130 valence electrons. The van der Waals surface area contributed by atoms with Crippen LogP contribution in [0, 0.1) is 0 Å². The third kappa shape index (κ3) is 5.57. The van der Waals surface area contributed by atoms with Crippen molar-refractivity contribution in [2.45, 2.75) is 45.4 Å². The standard InChI is InChI=1S/C17H22N2O5/c1-17(2,3)24-16(22)18-9-11-5-4-6-12(7-11)15(21)19-13-8-14(20)23-10-13/h4-7,13H,8-10H2,1-3H3,(H,18,22)(H,19,21). The van der Waals surface area contributed by atoms with Crippen LogP contribution in [0.4, 0.5) is 4.79 Å². The van der Waals surface area contributed by atoms with Crippen molar-refractivity contribution >= 4 is 18.0 Å². The molecule has 0 spiro atoms. The van der Waals surface area contributed by atoms with Gasteiger partial charge in [-0.15, -0.1) is 0 Å². The lowest BCUT2D eigenvalue weighted by atomic mass is 10.1. The second kappa shape index (κ2) is 7.33. The van der Waals surface area contributed by atoms with Gasteiger partial charge in [0.05, 0.1) is 12.5 Å². The average molecular weight is 334 g/mol. The van der Waals surface area contributed by atoms with Gasteiger partial charge < -0.3 is 20.1 Å². The number of carbonyl (C=O) groups is 3. The molecule has 1 fully saturated rings. The van der Waals surface area contributed by atoms with E-state index >= 15 is 0 Å². The molecule has 1 aliphatic heterocycles. The Hall–Kier alpha value is -2.57. The average Bonchev–Trinajstić information content (AvgIpc) is 2.89. The Morgan fingerprint density at radius 3 is 2.71 bits per heavy atom. The van der Waals surface area contributed by atoms with E-state index in [0.717, 1.165) is 5.56 Å². The molecular formula is C17H22N2O5. The molecule has 1 saturated heterocycles. The van der Waals surface area contributed by atoms with Crippen LogP contribution < -0.4 is 10.6 Å². The number of benzene rings is 1. The second-order valence-electron chi connectivity index (χ2n) is 6.61. The fourth-order valence-electron chi connectivity index (χ4n) is 2.18. The zero-order chi connectivity index (χ0) is 17.7. The molecule has 7 heteroatoms. The van der Waals surface area contributed by atoms with Crippen LogP contribution in [-0.2, 0) is 20.8 Å². The molecule has 1 aromatic carbocycles. The minimum Gasteiger partial charge on any atom is -0.463 e. The smallest absolute Gasteiger partial charge is 0.407 e. The van der Waals surface area contributed by atoms with Crippen LogP contribution in [0.2, 0.25) is 0 Å². The zero-order valence-corrected chi connectivity index (χ0v) is 14.0. The van der Waals surface area contributed by atoms with E-state index in [2.05, 4.69) is 10.6 Å². The number of esters is 1. The lowest BCUT2D eigenvalue weighted by molar-refractivity contribution is -0.137. The van der Waals surface area contributed by atoms with Gasteiger partial charge in [-0.2, -0.15) is 0 Å². The van der Waals surface area contributed by atoms with Crippen LogP contribution in [0.3, 0.4) is 0 Å². The lowest BCUT2D eigenvalue weighted by Crippen LogP contribution is -2.35. The summed E-state index contributed by atoms with van der Waals surface area (Å²) < 4.78 is 9.98. The molecule has 0 bridgehead atoms. The monoisotopic (exact) mass is 334 g/mol. The summed E-state index contributed by atoms with van der Waals surface area (Å²) in [5.41, 5.74) is 0.664. The van der Waals surface area contributed by atoms with E-state index in [4.69, 9.17) is 9.47 Å². The van der Waals surface area contributed by atoms with Crippen molar-refractivity contribution < 1.29 is 23.9 Å². The van der Waals surface area contributed by atoms with Gasteiger partial charge in [0.15, 0.2) is 0 Å². The summed E-state index contributed by atoms with van der Waals surface area (Å²) in [6, 6.07) is 6.59. The predicted molar refractivity (Wildman–Crippen MR) is 86.3 cm³/mol. The normalized spacial score (nSPS) is 17.1. The molecule has 1 aliphatic rings. The largest absolute Gasteiger partial charge is 0.463 e. The molecule has 2 amide bonds. The topological polar surface area (TPSA) is 93.7 Å². The van der Waals surface area contributed by atoms with Crippen LogP contribution in [0.1, 0.15) is 43.1 Å². The van der Waals surface area contributed by atoms with E-state index in [1.165, 1.54) is 0 Å². The van der Waals surface area contributed by atoms with Crippen molar-refractivity contribution in [3.8, 4) is 0 Å². The fourth-order valence-corrected chi connectivity index (χ4v) is 2.18. The molecule has 1 heterocycles. The second-order valence-corrected chi connectivity index (χ2v) is 6.61. The van der Waals surface area contributed by atoms with Gasteiger partial charge in [0.2, 0.25) is 0 Å². The number of amides is 2. The number of nitrogens with one attached hydrogen (secondary N) is 2. The van der Waals surface area contributed by atoms with Gasteiger partial charge in [-0.05, 0) is 38.5 Å². The van der Waals surface area contributed by atoms with Gasteiger partial charge in [0, 0.05) is 12.1 Å². The summed E-state index contributed by atoms with van der Waals surface area (Å²) in [7, 11) is 0. The lowest BCUT2D eigenvalue weighted by Gasteiger charge is -2.19. The third-order valence-electron chi connectivity index (χ3n) is 3.22. The van der Waals surface area contributed by atoms with Crippen molar-refractivity contribution in [3.05, 3.63) is 35.4 Å². The van der Waals surface area contributed by atoms with Crippen molar-refractivity contribution in [1.29, 1.82) is 0 Å². The molecule has 7 nitrogen and oxygen atoms in total. The van der Waals surface area contributed by atoms with Gasteiger partial charge in [0.25, 0.3) is 5.91 Å². The third-order valence-corrected chi connectivity index (χ3v) is 3.22. The summed E-state index contributed by atoms with van der Waals surface area (Å²) in [6.45, 7) is 5.81. The molecule has 1 unspecified atom stereocenters. The molecule has 2 rings (SSSR count). The first-order chi connectivity index (χ1) is 11.2. The van der Waals surface area contributed by atoms with E-state index in [1.54, 1.807) is 45.0 Å². The van der Waals surface area contributed by atoms with Gasteiger partial charge in [-0.25, -0.2) is 4.79 Å². The Labute approximate surface area is 140 Å². The molecular weight excluding hydrogens is 312 g/mol. The minimum atomic E-state index is -0.563. The first-order valence-corrected chi connectivity index (χ1v) is 7.75. The van der Waals surface area contributed by atoms with E-state index < -0.39 is 11.7 Å². The highest BCUT2D eigenvalue weighted by molar-refractivity contribution is 5.95. The molecule has 0 radical (unpaired) electrons. The van der Waals surface area contributed by atoms with E-state index in [9.17, 15) is 14.4 Å². The van der Waals surface area contributed by atoms with Crippen molar-refractivity contribution in [3.63, 3.8) is 0 Å². The number of ether oxygens (including phenoxy) is 2. The van der Waals surface area contributed by atoms with E-state index in [-0.39, 0.29) is 37.5 Å². The SMILES string of the molecule is CC(C)(C)OC(=O)NCc1cccc(C(=O)NC2COC(=O)C2)c1. The highest BCUT2D eigenvalue weighted by Gasteiger charge is 2.25. The zero-order valence-electron chi connectivity index (χ0n) is 14.0. The predicted octanol–water partition coefficient (Wildman–Crippen LogP) is 1.76. The van der Waals surface area contributed by atoms with Crippen LogP contribution in [0.5, 0.6) is 0 Å². The number of hydrogen-bond donors (Lipinski definition) is 2. The number of carbonyl (C=O) groups excluding carboxylic acids is 3. The van der Waals surface area contributed by atoms with E-state index in [1.807, 2.05) is 0 Å². The first-order valence-electron chi connectivity index (χ1n) is 7.75. The quantitative estimate of drug-likeness (QED) is 0.818. The molecule has 24 heavy (non-hydrogen) atoms. The van der Waals surface area contributed by atoms with Crippen molar-refractivity contribution in [1.82, 2.24) is 10.6 Å². The van der Waals surface area contributed by atoms with Crippen LogP contribution in [-0.4, -0.2) is 36.2 Å². The van der Waals surface area contributed by atoms with Crippen molar-refractivity contribution in [2.75, 3.05) is 6.61 Å². The minimum absolute atomic E-state index is 0.186. The van der Waals surface area contributed by atoms with Crippen molar-refractivity contribution in [2.24, 2.45) is 0 Å². The Morgan fingerprint density at radius 2 is 2.08 bits per heavy atom. The Bertz CT molecular complexity index is 636. The molecule has 1 aromatic rings. The summed E-state index contributed by atoms with van der Waals surface area (Å²) in [5, 5.41) is 5.39.